The Labute approximate surface area is 219 Å². The average Bonchev–Trinajstić information content (AvgIpc) is 3.23. The van der Waals surface area contributed by atoms with Crippen molar-refractivity contribution in [2.75, 3.05) is 13.7 Å². The van der Waals surface area contributed by atoms with Crippen LogP contribution in [0.2, 0.25) is 0 Å². The van der Waals surface area contributed by atoms with Gasteiger partial charge in [0, 0.05) is 5.92 Å². The monoisotopic (exact) mass is 520 g/mol. The lowest BCUT2D eigenvalue weighted by atomic mass is 9.98. The van der Waals surface area contributed by atoms with E-state index in [0.29, 0.717) is 0 Å². The molecule has 0 aromatic heterocycles. The number of benzene rings is 3. The Bertz CT molecular complexity index is 1330. The predicted octanol–water partition coefficient (Wildman–Crippen LogP) is 5.45. The first-order valence-corrected chi connectivity index (χ1v) is 12.1. The second-order valence-electron chi connectivity index (χ2n) is 8.86. The van der Waals surface area contributed by atoms with Gasteiger partial charge in [-0.05, 0) is 41.7 Å². The summed E-state index contributed by atoms with van der Waals surface area (Å²) in [7, 11) is 1.34. The van der Waals surface area contributed by atoms with Crippen molar-refractivity contribution in [3.8, 4) is 22.6 Å². The zero-order chi connectivity index (χ0) is 27.4. The highest BCUT2D eigenvalue weighted by atomic mass is 16.6. The molecule has 0 aliphatic heterocycles. The lowest BCUT2D eigenvalue weighted by Gasteiger charge is -2.20. The van der Waals surface area contributed by atoms with Crippen molar-refractivity contribution in [1.29, 1.82) is 0 Å². The molecule has 10 nitrogen and oxygen atoms in total. The number of amides is 1. The summed E-state index contributed by atoms with van der Waals surface area (Å²) in [6, 6.07) is 17.6. The number of carboxylic acid groups (broad SMARTS) is 1. The van der Waals surface area contributed by atoms with Gasteiger partial charge in [-0.25, -0.2) is 9.59 Å². The Morgan fingerprint density at radius 3 is 2.18 bits per heavy atom. The van der Waals surface area contributed by atoms with Crippen molar-refractivity contribution in [1.82, 2.24) is 5.32 Å². The molecule has 198 valence electrons. The van der Waals surface area contributed by atoms with Gasteiger partial charge in [-0.1, -0.05) is 55.5 Å². The van der Waals surface area contributed by atoms with E-state index in [9.17, 15) is 24.8 Å². The van der Waals surface area contributed by atoms with Gasteiger partial charge >= 0.3 is 12.1 Å². The third-order valence-electron chi connectivity index (χ3n) is 6.57. The topological polar surface area (TPSA) is 137 Å². The highest BCUT2D eigenvalue weighted by Crippen LogP contribution is 2.44. The maximum Gasteiger partial charge on any atom is 0.407 e. The molecule has 0 saturated heterocycles. The number of hydrogen-bond acceptors (Lipinski definition) is 7. The Morgan fingerprint density at radius 1 is 1.05 bits per heavy atom. The molecule has 2 atom stereocenters. The van der Waals surface area contributed by atoms with E-state index in [4.69, 9.17) is 14.2 Å². The number of aliphatic carboxylic acids is 1. The third-order valence-corrected chi connectivity index (χ3v) is 6.57. The molecule has 0 heterocycles. The van der Waals surface area contributed by atoms with Crippen LogP contribution in [0.5, 0.6) is 11.5 Å². The fourth-order valence-electron chi connectivity index (χ4n) is 4.68. The Kier molecular flexibility index (Phi) is 7.80. The van der Waals surface area contributed by atoms with E-state index in [1.165, 1.54) is 13.2 Å². The van der Waals surface area contributed by atoms with Gasteiger partial charge in [-0.3, -0.25) is 10.1 Å². The summed E-state index contributed by atoms with van der Waals surface area (Å²) in [4.78, 5) is 35.3. The van der Waals surface area contributed by atoms with Gasteiger partial charge in [0.25, 0.3) is 5.69 Å². The summed E-state index contributed by atoms with van der Waals surface area (Å²) in [6.07, 6.45) is -1.79. The fraction of sp³-hybridized carbons (Fsp3) is 0.286. The van der Waals surface area contributed by atoms with Crippen LogP contribution in [0.3, 0.4) is 0 Å². The summed E-state index contributed by atoms with van der Waals surface area (Å²) >= 11 is 0. The molecule has 2 N–H and O–H groups in total. The highest BCUT2D eigenvalue weighted by Gasteiger charge is 2.30. The number of fused-ring (bicyclic) bond motifs is 3. The fourth-order valence-corrected chi connectivity index (χ4v) is 4.68. The van der Waals surface area contributed by atoms with E-state index in [1.54, 1.807) is 13.8 Å². The van der Waals surface area contributed by atoms with Gasteiger partial charge in [0.05, 0.1) is 29.7 Å². The van der Waals surface area contributed by atoms with E-state index in [-0.39, 0.29) is 41.7 Å². The molecule has 0 bridgehead atoms. The Morgan fingerprint density at radius 2 is 1.66 bits per heavy atom. The first-order chi connectivity index (χ1) is 18.2. The van der Waals surface area contributed by atoms with E-state index < -0.39 is 29.1 Å². The largest absolute Gasteiger partial charge is 0.493 e. The van der Waals surface area contributed by atoms with E-state index in [1.807, 2.05) is 48.5 Å². The lowest BCUT2D eigenvalue weighted by Crippen LogP contribution is -2.29. The van der Waals surface area contributed by atoms with E-state index in [2.05, 4.69) is 5.32 Å². The van der Waals surface area contributed by atoms with Crippen LogP contribution in [-0.4, -0.2) is 41.9 Å². The first kappa shape index (κ1) is 26.5. The van der Waals surface area contributed by atoms with Crippen molar-refractivity contribution in [2.45, 2.75) is 38.3 Å². The molecule has 0 saturated carbocycles. The number of methoxy groups -OCH3 is 1. The number of nitrogens with zero attached hydrogens (tertiary/aromatic N) is 1. The molecule has 3 aromatic carbocycles. The number of hydrogen-bond donors (Lipinski definition) is 2. The second-order valence-corrected chi connectivity index (χ2v) is 8.86. The van der Waals surface area contributed by atoms with E-state index >= 15 is 0 Å². The van der Waals surface area contributed by atoms with Crippen LogP contribution in [-0.2, 0) is 9.53 Å². The number of carbonyl (C=O) groups is 2. The molecular formula is C28H28N2O8. The van der Waals surface area contributed by atoms with Crippen LogP contribution in [0.4, 0.5) is 10.5 Å². The summed E-state index contributed by atoms with van der Waals surface area (Å²) in [6.45, 7) is 3.29. The zero-order valence-corrected chi connectivity index (χ0v) is 21.2. The van der Waals surface area contributed by atoms with Gasteiger partial charge in [0.15, 0.2) is 17.6 Å². The third kappa shape index (κ3) is 5.24. The maximum absolute atomic E-state index is 12.7. The Hall–Kier alpha value is -4.60. The quantitative estimate of drug-likeness (QED) is 0.266. The summed E-state index contributed by atoms with van der Waals surface area (Å²) in [5, 5.41) is 23.8. The Balaban J connectivity index is 1.51. The van der Waals surface area contributed by atoms with E-state index in [0.717, 1.165) is 28.3 Å². The van der Waals surface area contributed by atoms with Crippen molar-refractivity contribution in [2.24, 2.45) is 0 Å². The molecule has 0 radical (unpaired) electrons. The van der Waals surface area contributed by atoms with Gasteiger partial charge in [-0.2, -0.15) is 0 Å². The average molecular weight is 521 g/mol. The van der Waals surface area contributed by atoms with Crippen molar-refractivity contribution in [3.05, 3.63) is 87.5 Å². The minimum absolute atomic E-state index is 0.0782. The molecule has 38 heavy (non-hydrogen) atoms. The molecule has 3 aromatic rings. The van der Waals surface area contributed by atoms with Gasteiger partial charge in [-0.15, -0.1) is 0 Å². The normalized spacial score (nSPS) is 13.6. The van der Waals surface area contributed by atoms with Crippen LogP contribution in [0.15, 0.2) is 60.7 Å². The molecule has 1 amide bonds. The smallest absolute Gasteiger partial charge is 0.407 e. The summed E-state index contributed by atoms with van der Waals surface area (Å²) in [5.74, 6) is -1.31. The van der Waals surface area contributed by atoms with Crippen molar-refractivity contribution >= 4 is 17.7 Å². The molecule has 4 rings (SSSR count). The number of ether oxygens (including phenoxy) is 3. The van der Waals surface area contributed by atoms with Crippen LogP contribution in [0.1, 0.15) is 48.9 Å². The molecule has 10 heteroatoms. The van der Waals surface area contributed by atoms with Gasteiger partial charge in [0.2, 0.25) is 0 Å². The van der Waals surface area contributed by atoms with Crippen molar-refractivity contribution < 1.29 is 33.8 Å². The highest BCUT2D eigenvalue weighted by molar-refractivity contribution is 5.79. The predicted molar refractivity (Wildman–Crippen MR) is 139 cm³/mol. The lowest BCUT2D eigenvalue weighted by molar-refractivity contribution is -0.385. The first-order valence-electron chi connectivity index (χ1n) is 12.1. The van der Waals surface area contributed by atoms with Gasteiger partial charge in [0.1, 0.15) is 6.61 Å². The number of rotatable bonds is 10. The minimum atomic E-state index is -1.20. The van der Waals surface area contributed by atoms with Crippen LogP contribution < -0.4 is 14.8 Å². The number of nitro benzene ring substituents is 1. The number of nitro groups is 1. The number of nitrogens with one attached hydrogen (secondary N) is 1. The molecule has 0 spiro atoms. The SMILES string of the molecule is CCC(Oc1cc([N+](=O)[O-])c(C(C)NC(=O)OCC2c3ccccc3-c3ccccc32)cc1OC)C(=O)O. The van der Waals surface area contributed by atoms with Crippen LogP contribution in [0.25, 0.3) is 11.1 Å². The molecule has 1 aliphatic rings. The van der Waals surface area contributed by atoms with Crippen LogP contribution >= 0.6 is 0 Å². The van der Waals surface area contributed by atoms with Crippen molar-refractivity contribution in [3.63, 3.8) is 0 Å². The summed E-state index contributed by atoms with van der Waals surface area (Å²) < 4.78 is 16.3. The molecular weight excluding hydrogens is 492 g/mol. The van der Waals surface area contributed by atoms with Gasteiger partial charge < -0.3 is 24.6 Å². The number of alkyl carbamates (subject to hydrolysis) is 1. The number of carboxylic acids is 1. The van der Waals surface area contributed by atoms with Crippen LogP contribution in [0, 0.1) is 10.1 Å². The number of carbonyl (C=O) groups excluding carboxylic acids is 1. The summed E-state index contributed by atoms with van der Waals surface area (Å²) in [5.41, 5.74) is 4.13. The maximum atomic E-state index is 12.7. The molecule has 0 fully saturated rings. The molecule has 1 aliphatic carbocycles. The molecule has 2 unspecified atom stereocenters. The zero-order valence-electron chi connectivity index (χ0n) is 21.2. The minimum Gasteiger partial charge on any atom is -0.493 e. The standard InChI is InChI=1S/C28H28N2O8/c1-4-24(27(31)32)38-26-14-23(30(34)35)21(13-25(26)36-3)16(2)29-28(33)37-15-22-19-11-7-5-9-17(19)18-10-6-8-12-20(18)22/h5-14,16,22,24H,4,15H2,1-3H3,(H,29,33)(H,31,32). The second kappa shape index (κ2) is 11.2.